The van der Waals surface area contributed by atoms with E-state index in [0.717, 1.165) is 10.2 Å². The van der Waals surface area contributed by atoms with Crippen molar-refractivity contribution in [3.8, 4) is 0 Å². The van der Waals surface area contributed by atoms with Crippen molar-refractivity contribution in [2.24, 2.45) is 0 Å². The van der Waals surface area contributed by atoms with Crippen molar-refractivity contribution in [1.82, 2.24) is 5.32 Å². The lowest BCUT2D eigenvalue weighted by atomic mass is 10.1. The second-order valence-corrected chi connectivity index (χ2v) is 4.80. The molecule has 1 saturated heterocycles. The summed E-state index contributed by atoms with van der Waals surface area (Å²) in [7, 11) is 0. The van der Waals surface area contributed by atoms with Crippen LogP contribution in [0.2, 0.25) is 0 Å². The second-order valence-electron chi connectivity index (χ2n) is 3.89. The fourth-order valence-corrected chi connectivity index (χ4v) is 1.87. The van der Waals surface area contributed by atoms with Crippen LogP contribution in [0.3, 0.4) is 0 Å². The van der Waals surface area contributed by atoms with Gasteiger partial charge in [0.2, 0.25) is 5.91 Å². The Kier molecular flexibility index (Phi) is 3.66. The molecular formula is C12H11BrN2O3. The number of carbonyl (C=O) groups is 2. The molecular weight excluding hydrogens is 300 g/mol. The number of aliphatic carboxylic acids is 1. The summed E-state index contributed by atoms with van der Waals surface area (Å²) in [6.45, 7) is 0. The van der Waals surface area contributed by atoms with Crippen molar-refractivity contribution in [1.29, 1.82) is 0 Å². The van der Waals surface area contributed by atoms with Gasteiger partial charge in [0, 0.05) is 28.4 Å². The third kappa shape index (κ3) is 2.89. The van der Waals surface area contributed by atoms with Gasteiger partial charge in [-0.15, -0.1) is 0 Å². The third-order valence-corrected chi connectivity index (χ3v) is 3.11. The molecule has 0 spiro atoms. The number of carbonyl (C=O) groups excluding carboxylic acids is 1. The molecule has 1 aliphatic heterocycles. The predicted octanol–water partition coefficient (Wildman–Crippen LogP) is 1.72. The molecule has 0 aliphatic carbocycles. The quantitative estimate of drug-likeness (QED) is 0.743. The molecule has 3 N–H and O–H groups in total. The monoisotopic (exact) mass is 310 g/mol. The molecule has 0 radical (unpaired) electrons. The van der Waals surface area contributed by atoms with E-state index in [-0.39, 0.29) is 12.3 Å². The van der Waals surface area contributed by atoms with E-state index < -0.39 is 12.0 Å². The summed E-state index contributed by atoms with van der Waals surface area (Å²) in [6.07, 6.45) is 1.74. The van der Waals surface area contributed by atoms with Gasteiger partial charge in [-0.1, -0.05) is 15.9 Å². The van der Waals surface area contributed by atoms with E-state index in [4.69, 9.17) is 5.11 Å². The molecule has 18 heavy (non-hydrogen) atoms. The van der Waals surface area contributed by atoms with E-state index in [1.807, 2.05) is 24.3 Å². The van der Waals surface area contributed by atoms with Crippen molar-refractivity contribution in [2.75, 3.05) is 5.32 Å². The van der Waals surface area contributed by atoms with Gasteiger partial charge in [-0.25, -0.2) is 4.79 Å². The van der Waals surface area contributed by atoms with Gasteiger partial charge in [0.15, 0.2) is 0 Å². The Labute approximate surface area is 112 Å². The highest BCUT2D eigenvalue weighted by molar-refractivity contribution is 9.10. The first-order valence-electron chi connectivity index (χ1n) is 5.31. The first-order valence-corrected chi connectivity index (χ1v) is 6.10. The average molecular weight is 311 g/mol. The van der Waals surface area contributed by atoms with Crippen LogP contribution in [0, 0.1) is 0 Å². The molecule has 1 fully saturated rings. The highest BCUT2D eigenvalue weighted by Gasteiger charge is 2.31. The summed E-state index contributed by atoms with van der Waals surface area (Å²) in [5.41, 5.74) is 1.27. The smallest absolute Gasteiger partial charge is 0.326 e. The summed E-state index contributed by atoms with van der Waals surface area (Å²) >= 11 is 3.32. The second kappa shape index (κ2) is 5.22. The Balaban J connectivity index is 2.04. The van der Waals surface area contributed by atoms with Crippen LogP contribution < -0.4 is 10.6 Å². The zero-order valence-corrected chi connectivity index (χ0v) is 10.9. The first-order chi connectivity index (χ1) is 8.56. The van der Waals surface area contributed by atoms with Crippen LogP contribution in [0.4, 0.5) is 5.69 Å². The number of carboxylic acids is 1. The van der Waals surface area contributed by atoms with E-state index in [1.54, 1.807) is 6.20 Å². The van der Waals surface area contributed by atoms with Crippen LogP contribution in [0.25, 0.3) is 0 Å². The number of carboxylic acid groups (broad SMARTS) is 1. The number of rotatable bonds is 3. The molecule has 0 unspecified atom stereocenters. The number of hydrogen-bond donors (Lipinski definition) is 3. The number of hydrogen-bond acceptors (Lipinski definition) is 3. The highest BCUT2D eigenvalue weighted by atomic mass is 79.9. The molecule has 1 aromatic rings. The standard InChI is InChI=1S/C12H11BrN2O3/c13-8-1-3-9(4-2-8)14-6-7-5-10(12(17)18)15-11(7)16/h1-4,6,10,14H,5H2,(H,15,16)(H,17,18)/b7-6+/t10-/m0/s1. The number of nitrogens with one attached hydrogen (secondary N) is 2. The minimum Gasteiger partial charge on any atom is -0.480 e. The van der Waals surface area contributed by atoms with Crippen LogP contribution in [-0.2, 0) is 9.59 Å². The molecule has 0 bridgehead atoms. The van der Waals surface area contributed by atoms with Crippen molar-refractivity contribution in [2.45, 2.75) is 12.5 Å². The Morgan fingerprint density at radius 2 is 2.11 bits per heavy atom. The van der Waals surface area contributed by atoms with Crippen LogP contribution in [0.5, 0.6) is 0 Å². The SMILES string of the molecule is O=C1N[C@H](C(=O)O)C/C1=C\Nc1ccc(Br)cc1. The Morgan fingerprint density at radius 1 is 1.44 bits per heavy atom. The lowest BCUT2D eigenvalue weighted by molar-refractivity contribution is -0.140. The van der Waals surface area contributed by atoms with E-state index in [2.05, 4.69) is 26.6 Å². The minimum atomic E-state index is -1.02. The molecule has 1 atom stereocenters. The molecule has 2 rings (SSSR count). The summed E-state index contributed by atoms with van der Waals surface area (Å²) in [5.74, 6) is -1.36. The topological polar surface area (TPSA) is 78.4 Å². The van der Waals surface area contributed by atoms with Gasteiger partial charge >= 0.3 is 5.97 Å². The zero-order valence-electron chi connectivity index (χ0n) is 9.31. The van der Waals surface area contributed by atoms with Crippen molar-refractivity contribution < 1.29 is 14.7 Å². The Bertz CT molecular complexity index is 511. The normalized spacial score (nSPS) is 20.8. The molecule has 1 aliphatic rings. The maximum atomic E-state index is 11.5. The predicted molar refractivity (Wildman–Crippen MR) is 70.0 cm³/mol. The number of amides is 1. The molecule has 0 aromatic heterocycles. The van der Waals surface area contributed by atoms with Crippen LogP contribution in [0.15, 0.2) is 40.5 Å². The fourth-order valence-electron chi connectivity index (χ4n) is 1.60. The van der Waals surface area contributed by atoms with E-state index in [9.17, 15) is 9.59 Å². The Morgan fingerprint density at radius 3 is 2.67 bits per heavy atom. The largest absolute Gasteiger partial charge is 0.480 e. The highest BCUT2D eigenvalue weighted by Crippen LogP contribution is 2.17. The van der Waals surface area contributed by atoms with E-state index in [0.29, 0.717) is 5.57 Å². The van der Waals surface area contributed by atoms with Crippen molar-refractivity contribution in [3.05, 3.63) is 40.5 Å². The minimum absolute atomic E-state index is 0.192. The van der Waals surface area contributed by atoms with Gasteiger partial charge in [0.1, 0.15) is 6.04 Å². The number of halogens is 1. The molecule has 5 nitrogen and oxygen atoms in total. The number of benzene rings is 1. The molecule has 94 valence electrons. The molecule has 1 heterocycles. The third-order valence-electron chi connectivity index (χ3n) is 2.58. The summed E-state index contributed by atoms with van der Waals surface area (Å²) in [5, 5.41) is 14.2. The lowest BCUT2D eigenvalue weighted by Crippen LogP contribution is -2.32. The molecule has 6 heteroatoms. The van der Waals surface area contributed by atoms with Gasteiger partial charge in [-0.05, 0) is 24.3 Å². The molecule has 1 aromatic carbocycles. The summed E-state index contributed by atoms with van der Waals surface area (Å²) in [4.78, 5) is 22.2. The maximum Gasteiger partial charge on any atom is 0.326 e. The van der Waals surface area contributed by atoms with Crippen LogP contribution >= 0.6 is 15.9 Å². The van der Waals surface area contributed by atoms with E-state index in [1.165, 1.54) is 0 Å². The lowest BCUT2D eigenvalue weighted by Gasteiger charge is -2.01. The van der Waals surface area contributed by atoms with Crippen LogP contribution in [0.1, 0.15) is 6.42 Å². The first kappa shape index (κ1) is 12.6. The van der Waals surface area contributed by atoms with Gasteiger partial charge in [-0.3, -0.25) is 4.79 Å². The Hall–Kier alpha value is -1.82. The van der Waals surface area contributed by atoms with Gasteiger partial charge in [0.05, 0.1) is 0 Å². The average Bonchev–Trinajstić information content (AvgIpc) is 2.70. The molecule has 1 amide bonds. The van der Waals surface area contributed by atoms with Gasteiger partial charge < -0.3 is 15.7 Å². The van der Waals surface area contributed by atoms with Crippen LogP contribution in [-0.4, -0.2) is 23.0 Å². The number of anilines is 1. The summed E-state index contributed by atoms with van der Waals surface area (Å²) in [6, 6.07) is 6.62. The van der Waals surface area contributed by atoms with Crippen molar-refractivity contribution >= 4 is 33.5 Å². The van der Waals surface area contributed by atoms with Gasteiger partial charge in [0.25, 0.3) is 0 Å². The fraction of sp³-hybridized carbons (Fsp3) is 0.167. The van der Waals surface area contributed by atoms with Crippen molar-refractivity contribution in [3.63, 3.8) is 0 Å². The zero-order chi connectivity index (χ0) is 13.1. The summed E-state index contributed by atoms with van der Waals surface area (Å²) < 4.78 is 0.963. The van der Waals surface area contributed by atoms with E-state index >= 15 is 0 Å². The van der Waals surface area contributed by atoms with Gasteiger partial charge in [-0.2, -0.15) is 0 Å². The maximum absolute atomic E-state index is 11.5. The molecule has 0 saturated carbocycles.